The summed E-state index contributed by atoms with van der Waals surface area (Å²) in [6, 6.07) is 14.0. The molecule has 0 aliphatic carbocycles. The van der Waals surface area contributed by atoms with Gasteiger partial charge in [0.15, 0.2) is 0 Å². The van der Waals surface area contributed by atoms with Crippen molar-refractivity contribution in [2.45, 2.75) is 26.0 Å². The summed E-state index contributed by atoms with van der Waals surface area (Å²) in [6.45, 7) is 4.66. The second-order valence-corrected chi connectivity index (χ2v) is 7.85. The van der Waals surface area contributed by atoms with Crippen LogP contribution in [0.5, 0.6) is 5.75 Å². The molecule has 0 saturated carbocycles. The molecule has 1 fully saturated rings. The van der Waals surface area contributed by atoms with Crippen molar-refractivity contribution in [3.8, 4) is 5.75 Å². The van der Waals surface area contributed by atoms with E-state index in [1.54, 1.807) is 0 Å². The Morgan fingerprint density at radius 3 is 2.80 bits per heavy atom. The Morgan fingerprint density at radius 1 is 1.16 bits per heavy atom. The molecule has 3 rings (SSSR count). The number of rotatable bonds is 7. The van der Waals surface area contributed by atoms with Crippen molar-refractivity contribution in [2.24, 2.45) is 5.92 Å². The maximum absolute atomic E-state index is 6.05. The van der Waals surface area contributed by atoms with Gasteiger partial charge in [-0.3, -0.25) is 0 Å². The zero-order valence-electron chi connectivity index (χ0n) is 14.2. The third-order valence-electron chi connectivity index (χ3n) is 4.51. The van der Waals surface area contributed by atoms with E-state index in [0.29, 0.717) is 6.61 Å². The summed E-state index contributed by atoms with van der Waals surface area (Å²) in [4.78, 5) is 0. The van der Waals surface area contributed by atoms with Gasteiger partial charge in [0.25, 0.3) is 0 Å². The highest BCUT2D eigenvalue weighted by Gasteiger charge is 2.13. The molecular weight excluding hydrogens is 400 g/mol. The van der Waals surface area contributed by atoms with Crippen LogP contribution >= 0.6 is 27.5 Å². The number of halogens is 2. The summed E-state index contributed by atoms with van der Waals surface area (Å²) in [6.07, 6.45) is 2.51. The van der Waals surface area contributed by atoms with Crippen LogP contribution in [0.15, 0.2) is 46.9 Å². The van der Waals surface area contributed by atoms with Gasteiger partial charge < -0.3 is 15.4 Å². The highest BCUT2D eigenvalue weighted by atomic mass is 79.9. The summed E-state index contributed by atoms with van der Waals surface area (Å²) < 4.78 is 7.12. The topological polar surface area (TPSA) is 33.3 Å². The predicted molar refractivity (Wildman–Crippen MR) is 107 cm³/mol. The first-order chi connectivity index (χ1) is 12.2. The van der Waals surface area contributed by atoms with Gasteiger partial charge in [-0.05, 0) is 74.3 Å². The van der Waals surface area contributed by atoms with Crippen molar-refractivity contribution in [1.29, 1.82) is 0 Å². The standard InChI is InChI=1S/C20H24BrClN2O/c21-18-4-5-20(25-14-16-2-1-3-19(22)10-16)17(11-18)13-24-12-15-6-8-23-9-7-15/h1-5,10-11,15,23-24H,6-9,12-14H2. The Kier molecular flexibility index (Phi) is 7.17. The molecule has 25 heavy (non-hydrogen) atoms. The molecule has 0 atom stereocenters. The van der Waals surface area contributed by atoms with Crippen LogP contribution in [-0.2, 0) is 13.2 Å². The van der Waals surface area contributed by atoms with Crippen LogP contribution in [0.2, 0.25) is 5.02 Å². The number of hydrogen-bond acceptors (Lipinski definition) is 3. The molecule has 5 heteroatoms. The van der Waals surface area contributed by atoms with Gasteiger partial charge >= 0.3 is 0 Å². The van der Waals surface area contributed by atoms with Gasteiger partial charge in [-0.1, -0.05) is 39.7 Å². The average Bonchev–Trinajstić information content (AvgIpc) is 2.62. The molecule has 134 valence electrons. The lowest BCUT2D eigenvalue weighted by molar-refractivity contribution is 0.300. The molecule has 0 radical (unpaired) electrons. The maximum atomic E-state index is 6.05. The zero-order chi connectivity index (χ0) is 17.5. The molecule has 0 unspecified atom stereocenters. The molecule has 1 aliphatic heterocycles. The van der Waals surface area contributed by atoms with E-state index in [4.69, 9.17) is 16.3 Å². The van der Waals surface area contributed by atoms with Crippen LogP contribution in [0.1, 0.15) is 24.0 Å². The lowest BCUT2D eigenvalue weighted by atomic mass is 9.98. The van der Waals surface area contributed by atoms with Gasteiger partial charge in [-0.25, -0.2) is 0 Å². The van der Waals surface area contributed by atoms with Crippen LogP contribution in [0.4, 0.5) is 0 Å². The first kappa shape index (κ1) is 18.7. The van der Waals surface area contributed by atoms with Gasteiger partial charge in [-0.15, -0.1) is 0 Å². The summed E-state index contributed by atoms with van der Waals surface area (Å²) in [5, 5.41) is 7.75. The van der Waals surface area contributed by atoms with Gasteiger partial charge in [-0.2, -0.15) is 0 Å². The van der Waals surface area contributed by atoms with Crippen LogP contribution in [0.3, 0.4) is 0 Å². The average molecular weight is 424 g/mol. The minimum atomic E-state index is 0.517. The van der Waals surface area contributed by atoms with Crippen molar-refractivity contribution in [3.05, 3.63) is 63.1 Å². The quantitative estimate of drug-likeness (QED) is 0.673. The third-order valence-corrected chi connectivity index (χ3v) is 5.24. The predicted octanol–water partition coefficient (Wildman–Crippen LogP) is 4.77. The number of nitrogens with one attached hydrogen (secondary N) is 2. The normalized spacial score (nSPS) is 15.3. The Morgan fingerprint density at radius 2 is 2.00 bits per heavy atom. The van der Waals surface area contributed by atoms with Crippen molar-refractivity contribution in [3.63, 3.8) is 0 Å². The Labute approximate surface area is 163 Å². The molecule has 0 spiro atoms. The SMILES string of the molecule is Clc1cccc(COc2ccc(Br)cc2CNCC2CCNCC2)c1. The summed E-state index contributed by atoms with van der Waals surface area (Å²) in [7, 11) is 0. The van der Waals surface area contributed by atoms with Crippen molar-refractivity contribution < 1.29 is 4.74 Å². The summed E-state index contributed by atoms with van der Waals surface area (Å²) in [5.41, 5.74) is 2.24. The molecule has 1 aliphatic rings. The smallest absolute Gasteiger partial charge is 0.124 e. The van der Waals surface area contributed by atoms with Gasteiger partial charge in [0.1, 0.15) is 12.4 Å². The third kappa shape index (κ3) is 6.00. The second kappa shape index (κ2) is 9.58. The number of piperidine rings is 1. The lowest BCUT2D eigenvalue weighted by Gasteiger charge is -2.23. The Balaban J connectivity index is 1.57. The van der Waals surface area contributed by atoms with Crippen LogP contribution in [0, 0.1) is 5.92 Å². The number of hydrogen-bond donors (Lipinski definition) is 2. The molecule has 0 amide bonds. The molecule has 0 aromatic heterocycles. The van der Waals surface area contributed by atoms with E-state index >= 15 is 0 Å². The van der Waals surface area contributed by atoms with Crippen LogP contribution in [0.25, 0.3) is 0 Å². The van der Waals surface area contributed by atoms with Crippen molar-refractivity contribution in [2.75, 3.05) is 19.6 Å². The summed E-state index contributed by atoms with van der Waals surface area (Å²) >= 11 is 9.61. The van der Waals surface area contributed by atoms with Crippen molar-refractivity contribution in [1.82, 2.24) is 10.6 Å². The largest absolute Gasteiger partial charge is 0.489 e. The maximum Gasteiger partial charge on any atom is 0.124 e. The fourth-order valence-electron chi connectivity index (χ4n) is 3.11. The van der Waals surface area contributed by atoms with E-state index in [2.05, 4.69) is 32.6 Å². The van der Waals surface area contributed by atoms with Crippen LogP contribution in [-0.4, -0.2) is 19.6 Å². The van der Waals surface area contributed by atoms with E-state index in [-0.39, 0.29) is 0 Å². The van der Waals surface area contributed by atoms with Crippen molar-refractivity contribution >= 4 is 27.5 Å². The minimum Gasteiger partial charge on any atom is -0.489 e. The van der Waals surface area contributed by atoms with Gasteiger partial charge in [0.2, 0.25) is 0 Å². The summed E-state index contributed by atoms with van der Waals surface area (Å²) in [5.74, 6) is 1.69. The highest BCUT2D eigenvalue weighted by molar-refractivity contribution is 9.10. The van der Waals surface area contributed by atoms with E-state index < -0.39 is 0 Å². The molecule has 2 aromatic carbocycles. The Hall–Kier alpha value is -1.07. The number of ether oxygens (including phenoxy) is 1. The highest BCUT2D eigenvalue weighted by Crippen LogP contribution is 2.25. The molecule has 3 nitrogen and oxygen atoms in total. The van der Waals surface area contributed by atoms with Gasteiger partial charge in [0.05, 0.1) is 0 Å². The molecule has 1 saturated heterocycles. The number of benzene rings is 2. The zero-order valence-corrected chi connectivity index (χ0v) is 16.6. The van der Waals surface area contributed by atoms with E-state index in [1.807, 2.05) is 36.4 Å². The Bertz CT molecular complexity index is 689. The fourth-order valence-corrected chi connectivity index (χ4v) is 3.73. The second-order valence-electron chi connectivity index (χ2n) is 6.49. The first-order valence-corrected chi connectivity index (χ1v) is 9.95. The molecule has 2 N–H and O–H groups in total. The lowest BCUT2D eigenvalue weighted by Crippen LogP contribution is -2.33. The first-order valence-electron chi connectivity index (χ1n) is 8.78. The molecular formula is C20H24BrClN2O. The van der Waals surface area contributed by atoms with E-state index in [0.717, 1.165) is 52.9 Å². The monoisotopic (exact) mass is 422 g/mol. The molecule has 1 heterocycles. The minimum absolute atomic E-state index is 0.517. The van der Waals surface area contributed by atoms with Gasteiger partial charge in [0, 0.05) is 21.6 Å². The van der Waals surface area contributed by atoms with E-state index in [9.17, 15) is 0 Å². The molecule has 2 aromatic rings. The fraction of sp³-hybridized carbons (Fsp3) is 0.400. The van der Waals surface area contributed by atoms with Crippen LogP contribution < -0.4 is 15.4 Å². The molecule has 0 bridgehead atoms. The van der Waals surface area contributed by atoms with E-state index in [1.165, 1.54) is 18.4 Å².